The number of benzene rings is 3. The van der Waals surface area contributed by atoms with Crippen molar-refractivity contribution in [3.63, 3.8) is 0 Å². The molecule has 0 radical (unpaired) electrons. The summed E-state index contributed by atoms with van der Waals surface area (Å²) in [5.74, 6) is 1.15. The second kappa shape index (κ2) is 13.0. The number of methoxy groups -OCH3 is 1. The summed E-state index contributed by atoms with van der Waals surface area (Å²) < 4.78 is 42.2. The number of amides is 2. The van der Waals surface area contributed by atoms with Crippen LogP contribution in [0.2, 0.25) is 5.02 Å². The first-order valence-corrected chi connectivity index (χ1v) is 13.2. The third-order valence-electron chi connectivity index (χ3n) is 6.16. The number of aromatic nitrogens is 2. The maximum absolute atomic E-state index is 14.0. The molecule has 0 aliphatic carbocycles. The van der Waals surface area contributed by atoms with Gasteiger partial charge in [-0.2, -0.15) is 0 Å². The van der Waals surface area contributed by atoms with E-state index in [1.54, 1.807) is 44.4 Å². The van der Waals surface area contributed by atoms with Gasteiger partial charge in [-0.1, -0.05) is 17.7 Å². The molecule has 2 N–H and O–H groups in total. The summed E-state index contributed by atoms with van der Waals surface area (Å²) in [6.45, 7) is 4.11. The first kappa shape index (κ1) is 28.3. The van der Waals surface area contributed by atoms with Crippen LogP contribution in [0.15, 0.2) is 54.9 Å². The highest BCUT2D eigenvalue weighted by Crippen LogP contribution is 2.37. The Morgan fingerprint density at radius 1 is 1.05 bits per heavy atom. The topological polar surface area (TPSA) is 113 Å². The first-order valence-electron chi connectivity index (χ1n) is 12.9. The fourth-order valence-corrected chi connectivity index (χ4v) is 4.20. The van der Waals surface area contributed by atoms with Crippen molar-refractivity contribution in [2.24, 2.45) is 0 Å². The van der Waals surface area contributed by atoms with E-state index in [4.69, 9.17) is 35.3 Å². The van der Waals surface area contributed by atoms with Gasteiger partial charge in [-0.25, -0.2) is 19.2 Å². The molecular formula is C29H28ClFN4O6. The lowest BCUT2D eigenvalue weighted by atomic mass is 10.2. The maximum Gasteiger partial charge on any atom is 0.323 e. The van der Waals surface area contributed by atoms with Gasteiger partial charge in [0.05, 0.1) is 60.8 Å². The molecule has 10 nitrogen and oxygen atoms in total. The molecule has 1 aliphatic heterocycles. The van der Waals surface area contributed by atoms with Gasteiger partial charge in [-0.3, -0.25) is 0 Å². The van der Waals surface area contributed by atoms with Crippen molar-refractivity contribution in [2.75, 3.05) is 44.2 Å². The Hall–Kier alpha value is -4.19. The molecular weight excluding hydrogens is 555 g/mol. The van der Waals surface area contributed by atoms with E-state index in [1.165, 1.54) is 24.5 Å². The molecule has 0 saturated carbocycles. The number of hydrogen-bond donors (Lipinski definition) is 2. The van der Waals surface area contributed by atoms with Gasteiger partial charge < -0.3 is 34.3 Å². The third kappa shape index (κ3) is 7.12. The molecule has 1 saturated heterocycles. The van der Waals surface area contributed by atoms with Crippen LogP contribution in [0.4, 0.5) is 20.6 Å². The molecule has 0 atom stereocenters. The highest BCUT2D eigenvalue weighted by atomic mass is 35.5. The lowest BCUT2D eigenvalue weighted by Crippen LogP contribution is -2.36. The van der Waals surface area contributed by atoms with Gasteiger partial charge >= 0.3 is 6.03 Å². The predicted octanol–water partition coefficient (Wildman–Crippen LogP) is 6.36. The minimum atomic E-state index is -0.641. The summed E-state index contributed by atoms with van der Waals surface area (Å²) in [6.07, 6.45) is 2.28. The Balaban J connectivity index is 1.24. The predicted molar refractivity (Wildman–Crippen MR) is 152 cm³/mol. The van der Waals surface area contributed by atoms with Crippen molar-refractivity contribution in [3.05, 3.63) is 71.3 Å². The van der Waals surface area contributed by atoms with Crippen molar-refractivity contribution in [1.82, 2.24) is 9.97 Å². The van der Waals surface area contributed by atoms with Crippen LogP contribution in [0.3, 0.4) is 0 Å². The van der Waals surface area contributed by atoms with Gasteiger partial charge in [-0.05, 0) is 42.8 Å². The zero-order valence-corrected chi connectivity index (χ0v) is 23.2. The molecule has 2 heterocycles. The Bertz CT molecular complexity index is 1550. The Kier molecular flexibility index (Phi) is 8.98. The molecule has 5 rings (SSSR count). The molecule has 1 fully saturated rings. The van der Waals surface area contributed by atoms with E-state index in [9.17, 15) is 9.18 Å². The average molecular weight is 583 g/mol. The van der Waals surface area contributed by atoms with Crippen molar-refractivity contribution >= 4 is 39.9 Å². The maximum atomic E-state index is 14.0. The van der Waals surface area contributed by atoms with Gasteiger partial charge in [0.25, 0.3) is 0 Å². The molecule has 0 bridgehead atoms. The lowest BCUT2D eigenvalue weighted by Gasteiger charge is -2.25. The number of nitrogens with one attached hydrogen (secondary N) is 2. The van der Waals surface area contributed by atoms with Crippen LogP contribution in [0.25, 0.3) is 10.9 Å². The van der Waals surface area contributed by atoms with Crippen LogP contribution in [-0.4, -0.2) is 55.6 Å². The largest absolute Gasteiger partial charge is 0.493 e. The van der Waals surface area contributed by atoms with E-state index in [0.29, 0.717) is 66.7 Å². The fourth-order valence-electron chi connectivity index (χ4n) is 3.98. The average Bonchev–Trinajstić information content (AvgIpc) is 2.93. The van der Waals surface area contributed by atoms with Gasteiger partial charge in [0.1, 0.15) is 24.0 Å². The fraction of sp³-hybridized carbons (Fsp3) is 0.276. The summed E-state index contributed by atoms with van der Waals surface area (Å²) >= 11 is 6.40. The Labute approximate surface area is 240 Å². The number of aryl methyl sites for hydroxylation is 1. The monoisotopic (exact) mass is 582 g/mol. The highest BCUT2D eigenvalue weighted by Gasteiger charge is 2.18. The van der Waals surface area contributed by atoms with Crippen LogP contribution in [0.1, 0.15) is 12.0 Å². The third-order valence-corrected chi connectivity index (χ3v) is 6.48. The molecule has 2 amide bonds. The van der Waals surface area contributed by atoms with E-state index in [2.05, 4.69) is 20.6 Å². The van der Waals surface area contributed by atoms with Crippen LogP contribution in [0, 0.1) is 12.7 Å². The van der Waals surface area contributed by atoms with Gasteiger partial charge in [0.15, 0.2) is 11.5 Å². The van der Waals surface area contributed by atoms with Crippen LogP contribution in [0.5, 0.6) is 23.1 Å². The number of carbonyl (C=O) groups is 1. The number of anilines is 2. The molecule has 1 aliphatic rings. The number of hydrogen-bond acceptors (Lipinski definition) is 8. The molecule has 214 valence electrons. The highest BCUT2D eigenvalue weighted by molar-refractivity contribution is 6.34. The normalized spacial score (nSPS) is 13.0. The molecule has 3 aromatic carbocycles. The number of fused-ring (bicyclic) bond motifs is 1. The SMILES string of the molecule is COc1cc2c(Oc3ccc(NC(=O)Nc4cc(C)ccc4F)c(Cl)c3)ncnc2cc1OCCCOC1COC1. The van der Waals surface area contributed by atoms with Crippen molar-refractivity contribution in [1.29, 1.82) is 0 Å². The number of nitrogens with zero attached hydrogens (tertiary/aromatic N) is 2. The molecule has 12 heteroatoms. The van der Waals surface area contributed by atoms with Crippen LogP contribution in [-0.2, 0) is 9.47 Å². The minimum absolute atomic E-state index is 0.0618. The van der Waals surface area contributed by atoms with Crippen LogP contribution >= 0.6 is 11.6 Å². The van der Waals surface area contributed by atoms with Gasteiger partial charge in [-0.15, -0.1) is 0 Å². The van der Waals surface area contributed by atoms with Crippen molar-refractivity contribution in [2.45, 2.75) is 19.4 Å². The number of carbonyl (C=O) groups excluding carboxylic acids is 1. The van der Waals surface area contributed by atoms with Crippen LogP contribution < -0.4 is 24.8 Å². The van der Waals surface area contributed by atoms with E-state index < -0.39 is 11.8 Å². The quantitative estimate of drug-likeness (QED) is 0.196. The summed E-state index contributed by atoms with van der Waals surface area (Å²) in [4.78, 5) is 21.0. The van der Waals surface area contributed by atoms with E-state index in [1.807, 2.05) is 0 Å². The number of halogens is 2. The molecule has 0 spiro atoms. The van der Waals surface area contributed by atoms with Gasteiger partial charge in [0, 0.05) is 18.6 Å². The number of urea groups is 1. The lowest BCUT2D eigenvalue weighted by molar-refractivity contribution is -0.130. The zero-order chi connectivity index (χ0) is 28.8. The van der Waals surface area contributed by atoms with Crippen molar-refractivity contribution < 1.29 is 32.9 Å². The van der Waals surface area contributed by atoms with Gasteiger partial charge in [0.2, 0.25) is 5.88 Å². The number of rotatable bonds is 11. The number of ether oxygens (including phenoxy) is 5. The second-order valence-electron chi connectivity index (χ2n) is 9.24. The summed E-state index contributed by atoms with van der Waals surface area (Å²) in [7, 11) is 1.55. The van der Waals surface area contributed by atoms with Crippen molar-refractivity contribution in [3.8, 4) is 23.1 Å². The smallest absolute Gasteiger partial charge is 0.323 e. The zero-order valence-electron chi connectivity index (χ0n) is 22.4. The summed E-state index contributed by atoms with van der Waals surface area (Å²) in [5, 5.41) is 5.90. The van der Waals surface area contributed by atoms with E-state index in [0.717, 1.165) is 5.56 Å². The molecule has 4 aromatic rings. The minimum Gasteiger partial charge on any atom is -0.493 e. The summed E-state index contributed by atoms with van der Waals surface area (Å²) in [5.41, 5.74) is 1.78. The molecule has 41 heavy (non-hydrogen) atoms. The Morgan fingerprint density at radius 3 is 2.63 bits per heavy atom. The van der Waals surface area contributed by atoms with E-state index >= 15 is 0 Å². The standard InChI is InChI=1S/C29H28ClFN4O6/c1-17-4-6-22(31)25(10-17)35-29(36)34-23-7-5-18(11-21(23)30)41-28-20-12-26(37-2)27(13-24(20)32-16-33-28)40-9-3-8-39-19-14-38-15-19/h4-7,10-13,16,19H,3,8-9,14-15H2,1-2H3,(H2,34,35,36). The molecule has 1 aromatic heterocycles. The molecule has 0 unspecified atom stereocenters. The Morgan fingerprint density at radius 2 is 1.88 bits per heavy atom. The summed E-state index contributed by atoms with van der Waals surface area (Å²) in [6, 6.07) is 12.0. The second-order valence-corrected chi connectivity index (χ2v) is 9.64. The first-order chi connectivity index (χ1) is 19.9. The van der Waals surface area contributed by atoms with E-state index in [-0.39, 0.29) is 22.7 Å².